The van der Waals surface area contributed by atoms with E-state index >= 15 is 0 Å². The Balaban J connectivity index is 0.00000144. The molecule has 0 bridgehead atoms. The van der Waals surface area contributed by atoms with E-state index in [0.29, 0.717) is 11.1 Å². The molecule has 1 aliphatic rings. The van der Waals surface area contributed by atoms with Gasteiger partial charge >= 0.3 is 103 Å². The predicted molar refractivity (Wildman–Crippen MR) is 71.2 cm³/mol. The van der Waals surface area contributed by atoms with Crippen LogP contribution in [0.4, 0.5) is 0 Å². The van der Waals surface area contributed by atoms with Crippen LogP contribution < -0.4 is 103 Å². The predicted octanol–water partition coefficient (Wildman–Crippen LogP) is -5.29. The third-order valence-electron chi connectivity index (χ3n) is 3.34. The van der Waals surface area contributed by atoms with E-state index in [2.05, 4.69) is 0 Å². The Bertz CT molecular complexity index is 960. The molecule has 0 fully saturated rings. The fraction of sp³-hybridized carbons (Fsp3) is 0. The largest absolute Gasteiger partial charge is 1.00 e. The molecule has 2 aromatic rings. The van der Waals surface area contributed by atoms with Gasteiger partial charge in [-0.3, -0.25) is 4.79 Å². The van der Waals surface area contributed by atoms with Crippen LogP contribution in [0.2, 0.25) is 0 Å². The molecule has 0 radical (unpaired) electrons. The van der Waals surface area contributed by atoms with Crippen molar-refractivity contribution < 1.29 is 134 Å². The second-order valence-electron chi connectivity index (χ2n) is 4.65. The molecule has 0 amide bonds. The first-order valence-electron chi connectivity index (χ1n) is 5.84. The monoisotopic (exact) mass is 416 g/mol. The minimum Gasteiger partial charge on any atom is -0.744 e. The molecular formula is C13H6K2O7S2. The maximum atomic E-state index is 12.3. The van der Waals surface area contributed by atoms with Gasteiger partial charge < -0.3 is 9.11 Å². The SMILES string of the molecule is O=C1c2cc(S(=O)(=O)[O-])ccc2-c2ccc(S(=O)(=O)[O-])cc21.[K+].[K+]. The Morgan fingerprint density at radius 2 is 0.958 bits per heavy atom. The summed E-state index contributed by atoms with van der Waals surface area (Å²) >= 11 is 0. The van der Waals surface area contributed by atoms with Crippen molar-refractivity contribution in [2.24, 2.45) is 0 Å². The fourth-order valence-electron chi connectivity index (χ4n) is 2.35. The molecule has 0 saturated heterocycles. The molecule has 3 rings (SSSR count). The van der Waals surface area contributed by atoms with Gasteiger partial charge in [0.2, 0.25) is 0 Å². The smallest absolute Gasteiger partial charge is 0.744 e. The van der Waals surface area contributed by atoms with Crippen molar-refractivity contribution >= 4 is 26.0 Å². The van der Waals surface area contributed by atoms with Gasteiger partial charge in [0.25, 0.3) is 0 Å². The van der Waals surface area contributed by atoms with Crippen molar-refractivity contribution in [3.05, 3.63) is 47.5 Å². The van der Waals surface area contributed by atoms with Gasteiger partial charge in [0.1, 0.15) is 20.2 Å². The molecular weight excluding hydrogens is 410 g/mol. The average Bonchev–Trinajstić information content (AvgIpc) is 2.70. The third kappa shape index (κ3) is 4.36. The number of hydrogen-bond donors (Lipinski definition) is 0. The Hall–Kier alpha value is 1.20. The Labute approximate surface area is 223 Å². The molecule has 0 N–H and O–H groups in total. The van der Waals surface area contributed by atoms with Crippen molar-refractivity contribution in [2.45, 2.75) is 9.79 Å². The number of fused-ring (bicyclic) bond motifs is 3. The maximum absolute atomic E-state index is 12.3. The molecule has 0 atom stereocenters. The van der Waals surface area contributed by atoms with Crippen molar-refractivity contribution in [2.75, 3.05) is 0 Å². The van der Waals surface area contributed by atoms with E-state index in [-0.39, 0.29) is 114 Å². The van der Waals surface area contributed by atoms with Crippen LogP contribution in [0, 0.1) is 0 Å². The zero-order valence-electron chi connectivity index (χ0n) is 12.6. The minimum atomic E-state index is -4.71. The van der Waals surface area contributed by atoms with Crippen molar-refractivity contribution in [3.8, 4) is 11.1 Å². The summed E-state index contributed by atoms with van der Waals surface area (Å²) in [5.41, 5.74) is 0.712. The number of carbonyl (C=O) groups excluding carboxylic acids is 1. The van der Waals surface area contributed by atoms with Crippen LogP contribution in [-0.2, 0) is 20.2 Å². The zero-order valence-corrected chi connectivity index (χ0v) is 20.5. The van der Waals surface area contributed by atoms with Crippen LogP contribution in [0.3, 0.4) is 0 Å². The molecule has 1 aliphatic carbocycles. The summed E-state index contributed by atoms with van der Waals surface area (Å²) in [6.07, 6.45) is 0. The summed E-state index contributed by atoms with van der Waals surface area (Å²) < 4.78 is 66.1. The molecule has 0 aromatic heterocycles. The van der Waals surface area contributed by atoms with E-state index in [1.54, 1.807) is 0 Å². The molecule has 114 valence electrons. The van der Waals surface area contributed by atoms with E-state index in [4.69, 9.17) is 0 Å². The number of hydrogen-bond acceptors (Lipinski definition) is 7. The van der Waals surface area contributed by atoms with Gasteiger partial charge in [-0.1, -0.05) is 12.1 Å². The average molecular weight is 417 g/mol. The summed E-state index contributed by atoms with van der Waals surface area (Å²) in [7, 11) is -9.43. The quantitative estimate of drug-likeness (QED) is 0.301. The van der Waals surface area contributed by atoms with Gasteiger partial charge in [0.05, 0.1) is 9.79 Å². The van der Waals surface area contributed by atoms with Crippen molar-refractivity contribution in [1.82, 2.24) is 0 Å². The zero-order chi connectivity index (χ0) is 16.3. The Morgan fingerprint density at radius 3 is 1.25 bits per heavy atom. The normalized spacial score (nSPS) is 12.7. The van der Waals surface area contributed by atoms with E-state index in [0.717, 1.165) is 24.3 Å². The Kier molecular flexibility index (Phi) is 7.81. The number of carbonyl (C=O) groups is 1. The van der Waals surface area contributed by atoms with Crippen molar-refractivity contribution in [1.29, 1.82) is 0 Å². The van der Waals surface area contributed by atoms with Crippen LogP contribution in [0.15, 0.2) is 46.2 Å². The van der Waals surface area contributed by atoms with Crippen molar-refractivity contribution in [3.63, 3.8) is 0 Å². The molecule has 0 unspecified atom stereocenters. The van der Waals surface area contributed by atoms with Gasteiger partial charge in [-0.05, 0) is 35.4 Å². The molecule has 7 nitrogen and oxygen atoms in total. The summed E-state index contributed by atoms with van der Waals surface area (Å²) in [6, 6.07) is 6.64. The second kappa shape index (κ2) is 8.06. The standard InChI is InChI=1S/C13H8O7S2.2K/c14-13-11-5-7(21(15,16)17)1-3-9(11)10-4-2-8(6-12(10)13)22(18,19)20;;/h1-6H,(H,15,16,17)(H,18,19,20);;/q;2*+1/p-2. The van der Waals surface area contributed by atoms with E-state index in [9.17, 15) is 30.7 Å². The minimum absolute atomic E-state index is 0. The van der Waals surface area contributed by atoms with E-state index in [1.165, 1.54) is 12.1 Å². The third-order valence-corrected chi connectivity index (χ3v) is 5.00. The van der Waals surface area contributed by atoms with Crippen LogP contribution in [0.25, 0.3) is 11.1 Å². The molecule has 2 aromatic carbocycles. The summed E-state index contributed by atoms with van der Waals surface area (Å²) in [5.74, 6) is -0.638. The summed E-state index contributed by atoms with van der Waals surface area (Å²) in [5, 5.41) is 0. The molecule has 0 heterocycles. The van der Waals surface area contributed by atoms with Gasteiger partial charge in [-0.2, -0.15) is 0 Å². The summed E-state index contributed by atoms with van der Waals surface area (Å²) in [4.78, 5) is 11.1. The fourth-order valence-corrected chi connectivity index (χ4v) is 3.34. The van der Waals surface area contributed by atoms with Crippen LogP contribution in [0.1, 0.15) is 15.9 Å². The first kappa shape index (κ1) is 23.2. The number of rotatable bonds is 2. The van der Waals surface area contributed by atoms with E-state index in [1.807, 2.05) is 0 Å². The van der Waals surface area contributed by atoms with Gasteiger partial charge in [0.15, 0.2) is 5.78 Å². The molecule has 24 heavy (non-hydrogen) atoms. The topological polar surface area (TPSA) is 131 Å². The first-order chi connectivity index (χ1) is 10.1. The summed E-state index contributed by atoms with van der Waals surface area (Å²) in [6.45, 7) is 0. The van der Waals surface area contributed by atoms with Gasteiger partial charge in [-0.25, -0.2) is 16.8 Å². The first-order valence-corrected chi connectivity index (χ1v) is 8.65. The van der Waals surface area contributed by atoms with Crippen LogP contribution in [-0.4, -0.2) is 31.7 Å². The van der Waals surface area contributed by atoms with Gasteiger partial charge in [-0.15, -0.1) is 0 Å². The number of ketones is 1. The Morgan fingerprint density at radius 1 is 0.625 bits per heavy atom. The molecule has 0 spiro atoms. The molecule has 0 aliphatic heterocycles. The second-order valence-corrected chi connectivity index (χ2v) is 7.41. The van der Waals surface area contributed by atoms with Crippen LogP contribution >= 0.6 is 0 Å². The van der Waals surface area contributed by atoms with E-state index < -0.39 is 35.8 Å². The van der Waals surface area contributed by atoms with Gasteiger partial charge in [0, 0.05) is 11.1 Å². The molecule has 11 heteroatoms. The maximum Gasteiger partial charge on any atom is 1.00 e. The number of benzene rings is 2. The molecule has 0 saturated carbocycles. The van der Waals surface area contributed by atoms with Crippen LogP contribution in [0.5, 0.6) is 0 Å².